The summed E-state index contributed by atoms with van der Waals surface area (Å²) >= 11 is 0. The number of rotatable bonds is 6. The number of furan rings is 1. The normalized spacial score (nSPS) is 14.6. The third kappa shape index (κ3) is 3.66. The van der Waals surface area contributed by atoms with Crippen molar-refractivity contribution in [1.29, 1.82) is 0 Å². The highest BCUT2D eigenvalue weighted by molar-refractivity contribution is 6.00. The molecule has 1 amide bonds. The van der Waals surface area contributed by atoms with E-state index >= 15 is 0 Å². The van der Waals surface area contributed by atoms with Crippen LogP contribution in [0.15, 0.2) is 63.8 Å². The number of benzene rings is 2. The maximum Gasteiger partial charge on any atom is 0.266 e. The first-order valence-electron chi connectivity index (χ1n) is 11.3. The van der Waals surface area contributed by atoms with Crippen LogP contribution in [0.4, 0.5) is 5.95 Å². The first kappa shape index (κ1) is 21.9. The van der Waals surface area contributed by atoms with Gasteiger partial charge in [0.15, 0.2) is 0 Å². The number of likely N-dealkylation sites (N-methyl/N-ethyl adjacent to an activating group) is 1. The standard InChI is InChI=1S/C26H27N5O3/c1-28-19(32)15-29-25-30-23-21(24(33)31(25)2)20(16-7-4-3-5-8-16)22(34-23)17-9-11-18(12-10-17)26(27)13-6-14-26/h3-5,7-12H,6,13-15,27H2,1-2H3,(H,28,32)(H,29,30). The fourth-order valence-corrected chi connectivity index (χ4v) is 4.42. The molecule has 174 valence electrons. The Balaban J connectivity index is 1.67. The molecule has 2 aromatic carbocycles. The Morgan fingerprint density at radius 2 is 1.82 bits per heavy atom. The highest BCUT2D eigenvalue weighted by Gasteiger charge is 2.34. The molecular weight excluding hydrogens is 430 g/mol. The molecule has 0 aliphatic heterocycles. The van der Waals surface area contributed by atoms with Crippen molar-refractivity contribution in [3.05, 3.63) is 70.5 Å². The molecule has 0 saturated heterocycles. The minimum Gasteiger partial charge on any atom is -0.437 e. The predicted octanol–water partition coefficient (Wildman–Crippen LogP) is 3.36. The number of amides is 1. The molecule has 1 fully saturated rings. The summed E-state index contributed by atoms with van der Waals surface area (Å²) in [5.41, 5.74) is 9.70. The summed E-state index contributed by atoms with van der Waals surface area (Å²) in [5.74, 6) is 0.607. The number of fused-ring (bicyclic) bond motifs is 1. The maximum absolute atomic E-state index is 13.4. The van der Waals surface area contributed by atoms with E-state index in [0.29, 0.717) is 16.7 Å². The SMILES string of the molecule is CNC(=O)CNc1nc2oc(-c3ccc(C4(N)CCC4)cc3)c(-c3ccccc3)c2c(=O)n1C. The molecule has 4 N–H and O–H groups in total. The second-order valence-corrected chi connectivity index (χ2v) is 8.77. The Morgan fingerprint density at radius 3 is 2.44 bits per heavy atom. The maximum atomic E-state index is 13.4. The summed E-state index contributed by atoms with van der Waals surface area (Å²) in [4.78, 5) is 29.7. The molecule has 8 nitrogen and oxygen atoms in total. The molecule has 5 rings (SSSR count). The molecule has 8 heteroatoms. The average Bonchev–Trinajstić information content (AvgIpc) is 3.23. The van der Waals surface area contributed by atoms with Crippen molar-refractivity contribution in [3.63, 3.8) is 0 Å². The number of nitrogens with zero attached hydrogens (tertiary/aromatic N) is 2. The number of hydrogen-bond acceptors (Lipinski definition) is 6. The average molecular weight is 458 g/mol. The third-order valence-corrected chi connectivity index (χ3v) is 6.65. The molecule has 4 aromatic rings. The number of aromatic nitrogens is 2. The summed E-state index contributed by atoms with van der Waals surface area (Å²) in [7, 11) is 3.17. The fraction of sp³-hybridized carbons (Fsp3) is 0.269. The van der Waals surface area contributed by atoms with E-state index in [1.165, 1.54) is 4.57 Å². The number of hydrogen-bond donors (Lipinski definition) is 3. The molecule has 0 atom stereocenters. The van der Waals surface area contributed by atoms with E-state index in [4.69, 9.17) is 10.2 Å². The topological polar surface area (TPSA) is 115 Å². The summed E-state index contributed by atoms with van der Waals surface area (Å²) in [6.45, 7) is -0.0102. The number of nitrogens with two attached hydrogens (primary N) is 1. The van der Waals surface area contributed by atoms with Crippen molar-refractivity contribution in [2.45, 2.75) is 24.8 Å². The first-order valence-corrected chi connectivity index (χ1v) is 11.3. The summed E-state index contributed by atoms with van der Waals surface area (Å²) in [6, 6.07) is 17.7. The predicted molar refractivity (Wildman–Crippen MR) is 132 cm³/mol. The van der Waals surface area contributed by atoms with Crippen LogP contribution in [-0.4, -0.2) is 29.1 Å². The van der Waals surface area contributed by atoms with Gasteiger partial charge in [0.25, 0.3) is 5.56 Å². The lowest BCUT2D eigenvalue weighted by Crippen LogP contribution is -2.43. The van der Waals surface area contributed by atoms with Crippen molar-refractivity contribution < 1.29 is 9.21 Å². The van der Waals surface area contributed by atoms with Gasteiger partial charge in [0.1, 0.15) is 11.1 Å². The summed E-state index contributed by atoms with van der Waals surface area (Å²) in [5, 5.41) is 5.84. The Bertz CT molecular complexity index is 1420. The van der Waals surface area contributed by atoms with Crippen LogP contribution in [0.1, 0.15) is 24.8 Å². The van der Waals surface area contributed by atoms with Crippen molar-refractivity contribution in [2.24, 2.45) is 12.8 Å². The van der Waals surface area contributed by atoms with Crippen LogP contribution in [0.3, 0.4) is 0 Å². The zero-order valence-electron chi connectivity index (χ0n) is 19.2. The van der Waals surface area contributed by atoms with Gasteiger partial charge in [0.05, 0.1) is 6.54 Å². The van der Waals surface area contributed by atoms with E-state index in [2.05, 4.69) is 15.6 Å². The first-order chi connectivity index (χ1) is 16.4. The zero-order valence-corrected chi connectivity index (χ0v) is 19.2. The molecule has 0 unspecified atom stereocenters. The van der Waals surface area contributed by atoms with Crippen LogP contribution in [0, 0.1) is 0 Å². The second-order valence-electron chi connectivity index (χ2n) is 8.77. The van der Waals surface area contributed by atoms with Gasteiger partial charge in [-0.3, -0.25) is 14.2 Å². The van der Waals surface area contributed by atoms with Gasteiger partial charge in [-0.2, -0.15) is 4.98 Å². The van der Waals surface area contributed by atoms with Gasteiger partial charge >= 0.3 is 0 Å². The minimum atomic E-state index is -0.259. The smallest absolute Gasteiger partial charge is 0.266 e. The molecule has 0 radical (unpaired) electrons. The molecule has 2 aromatic heterocycles. The lowest BCUT2D eigenvalue weighted by Gasteiger charge is -2.38. The van der Waals surface area contributed by atoms with Gasteiger partial charge in [-0.15, -0.1) is 0 Å². The molecular formula is C26H27N5O3. The summed E-state index contributed by atoms with van der Waals surface area (Å²) in [6.07, 6.45) is 3.11. The lowest BCUT2D eigenvalue weighted by atomic mass is 9.72. The van der Waals surface area contributed by atoms with Crippen LogP contribution < -0.4 is 21.9 Å². The van der Waals surface area contributed by atoms with Crippen molar-refractivity contribution >= 4 is 23.0 Å². The van der Waals surface area contributed by atoms with E-state index in [0.717, 1.165) is 36.0 Å². The van der Waals surface area contributed by atoms with Crippen molar-refractivity contribution in [1.82, 2.24) is 14.9 Å². The fourth-order valence-electron chi connectivity index (χ4n) is 4.42. The van der Waals surface area contributed by atoms with Crippen LogP contribution in [0.5, 0.6) is 0 Å². The van der Waals surface area contributed by atoms with E-state index in [1.54, 1.807) is 14.1 Å². The number of carbonyl (C=O) groups is 1. The van der Waals surface area contributed by atoms with E-state index in [1.807, 2.05) is 54.6 Å². The molecule has 2 heterocycles. The minimum absolute atomic E-state index is 0.0102. The number of nitrogens with one attached hydrogen (secondary N) is 2. The highest BCUT2D eigenvalue weighted by Crippen LogP contribution is 2.42. The van der Waals surface area contributed by atoms with Gasteiger partial charge in [0, 0.05) is 30.8 Å². The monoisotopic (exact) mass is 457 g/mol. The van der Waals surface area contributed by atoms with Crippen molar-refractivity contribution in [3.8, 4) is 22.5 Å². The Kier molecular flexibility index (Phi) is 5.45. The Labute approximate surface area is 196 Å². The lowest BCUT2D eigenvalue weighted by molar-refractivity contribution is -0.118. The quantitative estimate of drug-likeness (QED) is 0.409. The van der Waals surface area contributed by atoms with E-state index in [9.17, 15) is 9.59 Å². The summed E-state index contributed by atoms with van der Waals surface area (Å²) < 4.78 is 7.62. The second kappa shape index (κ2) is 8.46. The molecule has 1 aliphatic rings. The van der Waals surface area contributed by atoms with Crippen LogP contribution >= 0.6 is 0 Å². The van der Waals surface area contributed by atoms with Gasteiger partial charge < -0.3 is 20.8 Å². The molecule has 1 saturated carbocycles. The van der Waals surface area contributed by atoms with E-state index < -0.39 is 0 Å². The molecule has 0 spiro atoms. The van der Waals surface area contributed by atoms with Crippen molar-refractivity contribution in [2.75, 3.05) is 18.9 Å². The Morgan fingerprint density at radius 1 is 1.12 bits per heavy atom. The van der Waals surface area contributed by atoms with Gasteiger partial charge in [-0.25, -0.2) is 0 Å². The largest absolute Gasteiger partial charge is 0.437 e. The van der Waals surface area contributed by atoms with Gasteiger partial charge in [-0.1, -0.05) is 54.6 Å². The number of anilines is 1. The van der Waals surface area contributed by atoms with Gasteiger partial charge in [0.2, 0.25) is 17.6 Å². The van der Waals surface area contributed by atoms with Crippen LogP contribution in [0.2, 0.25) is 0 Å². The van der Waals surface area contributed by atoms with Crippen LogP contribution in [-0.2, 0) is 17.4 Å². The van der Waals surface area contributed by atoms with Gasteiger partial charge in [-0.05, 0) is 30.4 Å². The van der Waals surface area contributed by atoms with Crippen LogP contribution in [0.25, 0.3) is 33.6 Å². The molecule has 0 bridgehead atoms. The zero-order chi connectivity index (χ0) is 23.9. The third-order valence-electron chi connectivity index (χ3n) is 6.65. The molecule has 1 aliphatic carbocycles. The Hall–Kier alpha value is -3.91. The highest BCUT2D eigenvalue weighted by atomic mass is 16.3. The number of carbonyl (C=O) groups excluding carboxylic acids is 1. The van der Waals surface area contributed by atoms with E-state index in [-0.39, 0.29) is 35.2 Å². The molecule has 34 heavy (non-hydrogen) atoms.